The molecule has 1 aliphatic heterocycles. The van der Waals surface area contributed by atoms with Crippen molar-refractivity contribution >= 4 is 11.8 Å². The van der Waals surface area contributed by atoms with Crippen molar-refractivity contribution in [2.75, 3.05) is 19.6 Å². The molecule has 1 rings (SSSR count). The summed E-state index contributed by atoms with van der Waals surface area (Å²) < 4.78 is 0. The van der Waals surface area contributed by atoms with E-state index in [1.165, 1.54) is 0 Å². The topological polar surface area (TPSA) is 62.6 Å². The number of hydrogen-bond acceptors (Lipinski definition) is 3. The molecule has 1 aliphatic rings. The van der Waals surface area contributed by atoms with Crippen LogP contribution in [0.25, 0.3) is 4.85 Å². The summed E-state index contributed by atoms with van der Waals surface area (Å²) in [4.78, 5) is 25.3. The summed E-state index contributed by atoms with van der Waals surface area (Å²) in [5.41, 5.74) is 0. The Morgan fingerprint density at radius 1 is 1.43 bits per heavy atom. The Hall–Kier alpha value is -1.41. The van der Waals surface area contributed by atoms with Crippen LogP contribution in [-0.4, -0.2) is 31.4 Å². The molecule has 0 saturated carbocycles. The van der Waals surface area contributed by atoms with Crippen LogP contribution in [0.2, 0.25) is 0 Å². The van der Waals surface area contributed by atoms with E-state index in [-0.39, 0.29) is 18.4 Å². The largest absolute Gasteiger partial charge is 0.317 e. The van der Waals surface area contributed by atoms with Gasteiger partial charge in [-0.2, -0.15) is 0 Å². The zero-order chi connectivity index (χ0) is 10.4. The predicted octanol–water partition coefficient (Wildman–Crippen LogP) is -0.452. The van der Waals surface area contributed by atoms with E-state index in [2.05, 4.69) is 15.5 Å². The summed E-state index contributed by atoms with van der Waals surface area (Å²) in [7, 11) is 0. The molecule has 1 saturated heterocycles. The van der Waals surface area contributed by atoms with Gasteiger partial charge in [0.25, 0.3) is 6.54 Å². The molecule has 0 radical (unpaired) electrons. The Kier molecular flexibility index (Phi) is 4.08. The van der Waals surface area contributed by atoms with E-state index in [1.54, 1.807) is 0 Å². The molecule has 2 N–H and O–H groups in total. The second-order valence-electron chi connectivity index (χ2n) is 3.25. The fourth-order valence-electron chi connectivity index (χ4n) is 1.43. The molecule has 0 atom stereocenters. The lowest BCUT2D eigenvalue weighted by Crippen LogP contribution is -2.41. The number of amides is 2. The normalized spacial score (nSPS) is 17.1. The highest BCUT2D eigenvalue weighted by atomic mass is 16.2. The quantitative estimate of drug-likeness (QED) is 0.586. The molecule has 76 valence electrons. The van der Waals surface area contributed by atoms with Gasteiger partial charge in [0.15, 0.2) is 0 Å². The smallest absolute Gasteiger partial charge is 0.306 e. The first-order valence-electron chi connectivity index (χ1n) is 4.61. The lowest BCUT2D eigenvalue weighted by Gasteiger charge is -2.20. The Labute approximate surface area is 82.7 Å². The summed E-state index contributed by atoms with van der Waals surface area (Å²) >= 11 is 0. The van der Waals surface area contributed by atoms with Crippen LogP contribution in [0.1, 0.15) is 12.8 Å². The molecule has 5 heteroatoms. The van der Waals surface area contributed by atoms with Gasteiger partial charge in [-0.25, -0.2) is 6.57 Å². The minimum Gasteiger partial charge on any atom is -0.317 e. The highest BCUT2D eigenvalue weighted by Gasteiger charge is 2.22. The van der Waals surface area contributed by atoms with Crippen molar-refractivity contribution in [1.29, 1.82) is 0 Å². The molecule has 2 amide bonds. The molecule has 0 aromatic carbocycles. The molecule has 0 spiro atoms. The second kappa shape index (κ2) is 5.35. The Bertz CT molecular complexity index is 264. The van der Waals surface area contributed by atoms with Crippen molar-refractivity contribution < 1.29 is 9.59 Å². The summed E-state index contributed by atoms with van der Waals surface area (Å²) in [6, 6.07) is 0. The maximum absolute atomic E-state index is 11.4. The number of imide groups is 1. The molecule has 0 aromatic heterocycles. The van der Waals surface area contributed by atoms with E-state index in [4.69, 9.17) is 6.57 Å². The fourth-order valence-corrected chi connectivity index (χ4v) is 1.43. The first-order chi connectivity index (χ1) is 6.74. The van der Waals surface area contributed by atoms with Crippen molar-refractivity contribution in [1.82, 2.24) is 10.6 Å². The molecule has 0 unspecified atom stereocenters. The zero-order valence-corrected chi connectivity index (χ0v) is 7.88. The number of piperidine rings is 1. The number of nitrogens with one attached hydrogen (secondary N) is 2. The van der Waals surface area contributed by atoms with E-state index < -0.39 is 5.91 Å². The molecule has 1 heterocycles. The fraction of sp³-hybridized carbons (Fsp3) is 0.667. The third-order valence-electron chi connectivity index (χ3n) is 2.20. The van der Waals surface area contributed by atoms with Gasteiger partial charge in [-0.1, -0.05) is 0 Å². The van der Waals surface area contributed by atoms with Crippen molar-refractivity contribution in [3.05, 3.63) is 11.4 Å². The molecule has 1 fully saturated rings. The number of rotatable bonds is 2. The lowest BCUT2D eigenvalue weighted by atomic mass is 9.97. The van der Waals surface area contributed by atoms with E-state index in [0.717, 1.165) is 25.9 Å². The van der Waals surface area contributed by atoms with Gasteiger partial charge in [0.1, 0.15) is 0 Å². The maximum atomic E-state index is 11.4. The standard InChI is InChI=1S/C9H13N3O2/c1-10-6-8(13)12-9(14)7-2-4-11-5-3-7/h7,11H,2-6H2,(H,12,13,14). The second-order valence-corrected chi connectivity index (χ2v) is 3.25. The van der Waals surface area contributed by atoms with E-state index in [0.29, 0.717) is 0 Å². The third kappa shape index (κ3) is 3.15. The third-order valence-corrected chi connectivity index (χ3v) is 2.20. The summed E-state index contributed by atoms with van der Waals surface area (Å²) in [5.74, 6) is -0.811. The molecule has 0 bridgehead atoms. The van der Waals surface area contributed by atoms with Crippen LogP contribution in [0.15, 0.2) is 0 Å². The maximum Gasteiger partial charge on any atom is 0.306 e. The van der Waals surface area contributed by atoms with Crippen molar-refractivity contribution in [2.45, 2.75) is 12.8 Å². The number of nitrogens with zero attached hydrogens (tertiary/aromatic N) is 1. The Morgan fingerprint density at radius 3 is 2.64 bits per heavy atom. The van der Waals surface area contributed by atoms with Gasteiger partial charge < -0.3 is 10.2 Å². The molecular weight excluding hydrogens is 182 g/mol. The van der Waals surface area contributed by atoms with Crippen molar-refractivity contribution in [2.24, 2.45) is 5.92 Å². The summed E-state index contributed by atoms with van der Waals surface area (Å²) in [5, 5.41) is 5.37. The monoisotopic (exact) mass is 195 g/mol. The van der Waals surface area contributed by atoms with Crippen LogP contribution in [0, 0.1) is 12.5 Å². The molecule has 5 nitrogen and oxygen atoms in total. The van der Waals surface area contributed by atoms with Gasteiger partial charge in [0.05, 0.1) is 0 Å². The van der Waals surface area contributed by atoms with E-state index >= 15 is 0 Å². The Morgan fingerprint density at radius 2 is 2.07 bits per heavy atom. The van der Waals surface area contributed by atoms with Gasteiger partial charge in [-0.3, -0.25) is 14.9 Å². The van der Waals surface area contributed by atoms with Crippen LogP contribution in [0.4, 0.5) is 0 Å². The summed E-state index contributed by atoms with van der Waals surface area (Å²) in [6.45, 7) is 7.83. The van der Waals surface area contributed by atoms with Crippen LogP contribution in [0.5, 0.6) is 0 Å². The van der Waals surface area contributed by atoms with Crippen LogP contribution in [0.3, 0.4) is 0 Å². The number of hydrogen-bond donors (Lipinski definition) is 2. The van der Waals surface area contributed by atoms with Crippen LogP contribution in [-0.2, 0) is 9.59 Å². The first-order valence-corrected chi connectivity index (χ1v) is 4.61. The Balaban J connectivity index is 2.33. The SMILES string of the molecule is [C-]#[N+]CC(=O)NC(=O)C1CCNCC1. The predicted molar refractivity (Wildman–Crippen MR) is 50.2 cm³/mol. The summed E-state index contributed by atoms with van der Waals surface area (Å²) in [6.07, 6.45) is 1.52. The van der Waals surface area contributed by atoms with Crippen LogP contribution >= 0.6 is 0 Å². The van der Waals surface area contributed by atoms with E-state index in [9.17, 15) is 9.59 Å². The highest BCUT2D eigenvalue weighted by Crippen LogP contribution is 2.10. The molecular formula is C9H13N3O2. The van der Waals surface area contributed by atoms with Gasteiger partial charge >= 0.3 is 5.91 Å². The van der Waals surface area contributed by atoms with Crippen molar-refractivity contribution in [3.8, 4) is 0 Å². The van der Waals surface area contributed by atoms with Gasteiger partial charge in [-0.15, -0.1) is 0 Å². The van der Waals surface area contributed by atoms with Gasteiger partial charge in [-0.05, 0) is 25.9 Å². The molecule has 0 aromatic rings. The van der Waals surface area contributed by atoms with Crippen molar-refractivity contribution in [3.63, 3.8) is 0 Å². The minimum atomic E-state index is -0.497. The number of carbonyl (C=O) groups is 2. The molecule has 14 heavy (non-hydrogen) atoms. The zero-order valence-electron chi connectivity index (χ0n) is 7.88. The first kappa shape index (κ1) is 10.7. The lowest BCUT2D eigenvalue weighted by molar-refractivity contribution is -0.132. The average molecular weight is 195 g/mol. The highest BCUT2D eigenvalue weighted by molar-refractivity contribution is 5.97. The van der Waals surface area contributed by atoms with Crippen LogP contribution < -0.4 is 10.6 Å². The van der Waals surface area contributed by atoms with Gasteiger partial charge in [0.2, 0.25) is 5.91 Å². The average Bonchev–Trinajstić information content (AvgIpc) is 2.19. The minimum absolute atomic E-state index is 0.0778. The molecule has 0 aliphatic carbocycles. The van der Waals surface area contributed by atoms with E-state index in [1.807, 2.05) is 0 Å². The van der Waals surface area contributed by atoms with Gasteiger partial charge in [0, 0.05) is 5.92 Å². The number of carbonyl (C=O) groups excluding carboxylic acids is 2.